The summed E-state index contributed by atoms with van der Waals surface area (Å²) in [6.07, 6.45) is 1.70. The summed E-state index contributed by atoms with van der Waals surface area (Å²) >= 11 is 5.82. The number of piperidine rings is 1. The summed E-state index contributed by atoms with van der Waals surface area (Å²) in [5, 5.41) is 0.325. The maximum atomic E-state index is 12.4. The van der Waals surface area contributed by atoms with Crippen molar-refractivity contribution in [2.75, 3.05) is 26.3 Å². The Bertz CT molecular complexity index is 489. The van der Waals surface area contributed by atoms with Gasteiger partial charge in [-0.2, -0.15) is 0 Å². The van der Waals surface area contributed by atoms with Crippen molar-refractivity contribution in [1.82, 2.24) is 9.88 Å². The SMILES string of the molecule is O=C(c1cccc(Cl)n1)N1CCCC2(C1)OCCO2. The van der Waals surface area contributed by atoms with Crippen LogP contribution in [0.15, 0.2) is 18.2 Å². The summed E-state index contributed by atoms with van der Waals surface area (Å²) in [6.45, 7) is 2.34. The number of hydrogen-bond acceptors (Lipinski definition) is 4. The van der Waals surface area contributed by atoms with Crippen LogP contribution in [-0.4, -0.2) is 47.9 Å². The Hall–Kier alpha value is -1.17. The molecular weight excluding hydrogens is 268 g/mol. The molecule has 2 aliphatic heterocycles. The molecule has 1 aromatic heterocycles. The molecule has 2 aliphatic rings. The van der Waals surface area contributed by atoms with Gasteiger partial charge in [0.25, 0.3) is 5.91 Å². The van der Waals surface area contributed by atoms with Gasteiger partial charge in [0, 0.05) is 13.0 Å². The molecule has 0 N–H and O–H groups in total. The third kappa shape index (κ3) is 2.59. The fraction of sp³-hybridized carbons (Fsp3) is 0.538. The summed E-state index contributed by atoms with van der Waals surface area (Å²) in [6, 6.07) is 5.05. The largest absolute Gasteiger partial charge is 0.346 e. The summed E-state index contributed by atoms with van der Waals surface area (Å²) < 4.78 is 11.3. The van der Waals surface area contributed by atoms with E-state index in [0.29, 0.717) is 37.2 Å². The molecule has 19 heavy (non-hydrogen) atoms. The number of likely N-dealkylation sites (tertiary alicyclic amines) is 1. The Balaban J connectivity index is 1.76. The van der Waals surface area contributed by atoms with E-state index >= 15 is 0 Å². The number of hydrogen-bond donors (Lipinski definition) is 0. The lowest BCUT2D eigenvalue weighted by molar-refractivity contribution is -0.183. The summed E-state index contributed by atoms with van der Waals surface area (Å²) in [5.41, 5.74) is 0.363. The maximum Gasteiger partial charge on any atom is 0.272 e. The zero-order valence-corrected chi connectivity index (χ0v) is 11.2. The van der Waals surface area contributed by atoms with Crippen LogP contribution in [0.3, 0.4) is 0 Å². The molecule has 0 radical (unpaired) electrons. The van der Waals surface area contributed by atoms with E-state index in [0.717, 1.165) is 12.8 Å². The second kappa shape index (κ2) is 5.07. The van der Waals surface area contributed by atoms with E-state index in [1.807, 2.05) is 0 Å². The minimum absolute atomic E-state index is 0.124. The highest BCUT2D eigenvalue weighted by molar-refractivity contribution is 6.29. The topological polar surface area (TPSA) is 51.7 Å². The first kappa shape index (κ1) is 12.8. The Morgan fingerprint density at radius 2 is 2.16 bits per heavy atom. The van der Waals surface area contributed by atoms with Crippen LogP contribution in [0.4, 0.5) is 0 Å². The third-order valence-electron chi connectivity index (χ3n) is 3.45. The van der Waals surface area contributed by atoms with Crippen molar-refractivity contribution in [3.05, 3.63) is 29.0 Å². The molecule has 0 aromatic carbocycles. The Kier molecular flexibility index (Phi) is 3.43. The van der Waals surface area contributed by atoms with Gasteiger partial charge in [-0.1, -0.05) is 17.7 Å². The molecule has 1 spiro atoms. The lowest BCUT2D eigenvalue weighted by Gasteiger charge is -2.38. The highest BCUT2D eigenvalue weighted by atomic mass is 35.5. The second-order valence-corrected chi connectivity index (χ2v) is 5.17. The second-order valence-electron chi connectivity index (χ2n) is 4.78. The molecule has 1 aromatic rings. The Morgan fingerprint density at radius 1 is 1.37 bits per heavy atom. The predicted octanol–water partition coefficient (Wildman–Crippen LogP) is 1.71. The van der Waals surface area contributed by atoms with Crippen LogP contribution in [0.2, 0.25) is 5.15 Å². The van der Waals surface area contributed by atoms with Crippen molar-refractivity contribution < 1.29 is 14.3 Å². The molecule has 102 valence electrons. The smallest absolute Gasteiger partial charge is 0.272 e. The highest BCUT2D eigenvalue weighted by Crippen LogP contribution is 2.30. The van der Waals surface area contributed by atoms with Crippen molar-refractivity contribution >= 4 is 17.5 Å². The average molecular weight is 283 g/mol. The number of rotatable bonds is 1. The van der Waals surface area contributed by atoms with Gasteiger partial charge < -0.3 is 14.4 Å². The van der Waals surface area contributed by atoms with E-state index in [1.165, 1.54) is 0 Å². The van der Waals surface area contributed by atoms with E-state index in [2.05, 4.69) is 4.98 Å². The summed E-state index contributed by atoms with van der Waals surface area (Å²) in [5.74, 6) is -0.729. The van der Waals surface area contributed by atoms with Crippen molar-refractivity contribution in [2.45, 2.75) is 18.6 Å². The molecule has 2 saturated heterocycles. The molecule has 2 fully saturated rings. The van der Waals surface area contributed by atoms with Crippen LogP contribution in [0, 0.1) is 0 Å². The zero-order valence-electron chi connectivity index (χ0n) is 10.5. The monoisotopic (exact) mass is 282 g/mol. The number of carbonyl (C=O) groups is 1. The molecule has 0 saturated carbocycles. The van der Waals surface area contributed by atoms with E-state index in [4.69, 9.17) is 21.1 Å². The molecule has 5 nitrogen and oxygen atoms in total. The van der Waals surface area contributed by atoms with Crippen molar-refractivity contribution in [3.63, 3.8) is 0 Å². The first-order valence-corrected chi connectivity index (χ1v) is 6.76. The Morgan fingerprint density at radius 3 is 2.89 bits per heavy atom. The summed E-state index contributed by atoms with van der Waals surface area (Å²) in [7, 11) is 0. The van der Waals surface area contributed by atoms with Crippen LogP contribution in [0.25, 0.3) is 0 Å². The lowest BCUT2D eigenvalue weighted by Crippen LogP contribution is -2.51. The molecule has 0 bridgehead atoms. The summed E-state index contributed by atoms with van der Waals surface area (Å²) in [4.78, 5) is 18.2. The van der Waals surface area contributed by atoms with E-state index in [9.17, 15) is 4.79 Å². The normalized spacial score (nSPS) is 21.8. The molecule has 3 heterocycles. The molecule has 0 aliphatic carbocycles. The van der Waals surface area contributed by atoms with Crippen molar-refractivity contribution in [3.8, 4) is 0 Å². The number of carbonyl (C=O) groups excluding carboxylic acids is 1. The van der Waals surface area contributed by atoms with Crippen LogP contribution in [0.1, 0.15) is 23.3 Å². The minimum atomic E-state index is -0.605. The maximum absolute atomic E-state index is 12.4. The number of aromatic nitrogens is 1. The first-order chi connectivity index (χ1) is 9.19. The van der Waals surface area contributed by atoms with Gasteiger partial charge in [0.2, 0.25) is 0 Å². The number of nitrogens with zero attached hydrogens (tertiary/aromatic N) is 2. The number of amides is 1. The number of pyridine rings is 1. The molecule has 0 unspecified atom stereocenters. The Labute approximate surface area is 116 Å². The molecule has 6 heteroatoms. The van der Waals surface area contributed by atoms with Crippen LogP contribution in [-0.2, 0) is 9.47 Å². The van der Waals surface area contributed by atoms with E-state index < -0.39 is 5.79 Å². The molecule has 3 rings (SSSR count). The van der Waals surface area contributed by atoms with Gasteiger partial charge in [-0.3, -0.25) is 4.79 Å². The quantitative estimate of drug-likeness (QED) is 0.736. The lowest BCUT2D eigenvalue weighted by atomic mass is 10.0. The minimum Gasteiger partial charge on any atom is -0.346 e. The molecular formula is C13H15ClN2O3. The molecule has 0 atom stereocenters. The van der Waals surface area contributed by atoms with Crippen LogP contribution >= 0.6 is 11.6 Å². The van der Waals surface area contributed by atoms with Gasteiger partial charge >= 0.3 is 0 Å². The van der Waals surface area contributed by atoms with Crippen LogP contribution < -0.4 is 0 Å². The number of ether oxygens (including phenoxy) is 2. The standard InChI is InChI=1S/C13H15ClN2O3/c14-11-4-1-3-10(15-11)12(17)16-6-2-5-13(9-16)18-7-8-19-13/h1,3-4H,2,5-9H2. The predicted molar refractivity (Wildman–Crippen MR) is 69.0 cm³/mol. The van der Waals surface area contributed by atoms with Gasteiger partial charge in [-0.15, -0.1) is 0 Å². The fourth-order valence-corrected chi connectivity index (χ4v) is 2.75. The van der Waals surface area contributed by atoms with Gasteiger partial charge in [0.15, 0.2) is 5.79 Å². The van der Waals surface area contributed by atoms with E-state index in [1.54, 1.807) is 23.1 Å². The van der Waals surface area contributed by atoms with Gasteiger partial charge in [-0.25, -0.2) is 4.98 Å². The molecule has 1 amide bonds. The van der Waals surface area contributed by atoms with Crippen molar-refractivity contribution in [2.24, 2.45) is 0 Å². The van der Waals surface area contributed by atoms with Crippen LogP contribution in [0.5, 0.6) is 0 Å². The highest BCUT2D eigenvalue weighted by Gasteiger charge is 2.42. The third-order valence-corrected chi connectivity index (χ3v) is 3.66. The van der Waals surface area contributed by atoms with Crippen molar-refractivity contribution in [1.29, 1.82) is 0 Å². The zero-order chi connectivity index (χ0) is 13.3. The van der Waals surface area contributed by atoms with Gasteiger partial charge in [0.05, 0.1) is 19.8 Å². The van der Waals surface area contributed by atoms with E-state index in [-0.39, 0.29) is 5.91 Å². The number of halogens is 1. The van der Waals surface area contributed by atoms with Gasteiger partial charge in [-0.05, 0) is 18.6 Å². The first-order valence-electron chi connectivity index (χ1n) is 6.38. The average Bonchev–Trinajstić information content (AvgIpc) is 2.86. The van der Waals surface area contributed by atoms with Gasteiger partial charge in [0.1, 0.15) is 10.8 Å². The fourth-order valence-electron chi connectivity index (χ4n) is 2.58.